The van der Waals surface area contributed by atoms with Crippen molar-refractivity contribution in [3.8, 4) is 0 Å². The topological polar surface area (TPSA) is 0 Å². The van der Waals surface area contributed by atoms with Gasteiger partial charge in [-0.2, -0.15) is 0 Å². The molecule has 0 aromatic rings. The molecule has 0 atom stereocenters. The van der Waals surface area contributed by atoms with Crippen molar-refractivity contribution < 1.29 is 0 Å². The van der Waals surface area contributed by atoms with Crippen molar-refractivity contribution >= 4 is 33.6 Å². The molecule has 34 valence electrons. The summed E-state index contributed by atoms with van der Waals surface area (Å²) in [7, 11) is 0. The van der Waals surface area contributed by atoms with E-state index >= 15 is 0 Å². The highest BCUT2D eigenvalue weighted by atomic mass is 127. The third-order valence-electron chi connectivity index (χ3n) is 0.189. The van der Waals surface area contributed by atoms with Crippen LogP contribution in [0.15, 0.2) is 0 Å². The van der Waals surface area contributed by atoms with Crippen LogP contribution in [0.2, 0.25) is 0 Å². The van der Waals surface area contributed by atoms with E-state index in [4.69, 9.17) is 0 Å². The maximum absolute atomic E-state index is 2.35. The summed E-state index contributed by atoms with van der Waals surface area (Å²) in [5.74, 6) is 0. The van der Waals surface area contributed by atoms with Gasteiger partial charge in [0, 0.05) is 0 Å². The zero-order valence-electron chi connectivity index (χ0n) is 2.79. The van der Waals surface area contributed by atoms with E-state index in [0.29, 0.717) is 0 Å². The zero-order chi connectivity index (χ0) is 3.41. The Labute approximate surface area is 51.5 Å². The second-order valence-electron chi connectivity index (χ2n) is 0.689. The van der Waals surface area contributed by atoms with E-state index in [9.17, 15) is 0 Å². The molecule has 0 unspecified atom stereocenters. The second-order valence-corrected chi connectivity index (χ2v) is 1.77. The third kappa shape index (κ3) is 11.3. The smallest absolute Gasteiger partial charge is 0.000735 e. The lowest BCUT2D eigenvalue weighted by Gasteiger charge is -1.66. The van der Waals surface area contributed by atoms with Crippen molar-refractivity contribution in [2.45, 2.75) is 13.3 Å². The minimum Gasteiger partial charge on any atom is -0.0864 e. The summed E-state index contributed by atoms with van der Waals surface area (Å²) in [6.45, 7) is 2.17. The molecule has 0 nitrogen and oxygen atoms in total. The number of hydrogen-bond donors (Lipinski definition) is 0. The molecule has 0 saturated heterocycles. The van der Waals surface area contributed by atoms with Gasteiger partial charge in [0.15, 0.2) is 0 Å². The van der Waals surface area contributed by atoms with Crippen molar-refractivity contribution in [1.82, 2.24) is 0 Å². The molecule has 0 N–H and O–H groups in total. The molecule has 0 fully saturated rings. The van der Waals surface area contributed by atoms with Gasteiger partial charge in [-0.05, 0) is 21.8 Å². The fraction of sp³-hybridized carbons (Fsp3) is 1.00. The highest BCUT2D eigenvalue weighted by molar-refractivity contribution is 14.1. The van der Waals surface area contributed by atoms with Crippen molar-refractivity contribution in [1.29, 1.82) is 0 Å². The number of alkyl halides is 1. The summed E-state index contributed by atoms with van der Waals surface area (Å²) in [4.78, 5) is 0. The van der Waals surface area contributed by atoms with Crippen molar-refractivity contribution in [3.63, 3.8) is 0 Å². The first-order valence-electron chi connectivity index (χ1n) is 1.47. The summed E-state index contributed by atoms with van der Waals surface area (Å²) >= 11 is 2.35. The van der Waals surface area contributed by atoms with E-state index in [1.165, 1.54) is 10.8 Å². The summed E-state index contributed by atoms with van der Waals surface area (Å²) in [6, 6.07) is 0. The summed E-state index contributed by atoms with van der Waals surface area (Å²) in [5.41, 5.74) is 0. The van der Waals surface area contributed by atoms with E-state index in [0.717, 1.165) is 0 Å². The van der Waals surface area contributed by atoms with E-state index < -0.39 is 0 Å². The number of hydrogen-bond acceptors (Lipinski definition) is 0. The fourth-order valence-electron chi connectivity index (χ4n) is 0. The van der Waals surface area contributed by atoms with Crippen LogP contribution < -0.4 is 0 Å². The maximum Gasteiger partial charge on any atom is -0.000735 e. The molecule has 0 radical (unpaired) electrons. The van der Waals surface area contributed by atoms with Gasteiger partial charge in [0.25, 0.3) is 0 Å². The van der Waals surface area contributed by atoms with Gasteiger partial charge in [-0.15, -0.1) is 0 Å². The Morgan fingerprint density at radius 2 is 1.80 bits per heavy atom. The van der Waals surface area contributed by atoms with Gasteiger partial charge in [0.2, 0.25) is 0 Å². The zero-order valence-corrected chi connectivity index (χ0v) is 4.95. The molecule has 0 saturated carbocycles. The van der Waals surface area contributed by atoms with E-state index in [-0.39, 0.29) is 11.0 Å². The third-order valence-corrected chi connectivity index (χ3v) is 1.27. The molecule has 0 aromatic heterocycles. The van der Waals surface area contributed by atoms with Crippen molar-refractivity contribution in [3.05, 3.63) is 0 Å². The van der Waals surface area contributed by atoms with Gasteiger partial charge >= 0.3 is 0 Å². The molecule has 0 bridgehead atoms. The average Bonchev–Trinajstić information content (AvgIpc) is 1.37. The van der Waals surface area contributed by atoms with Crippen molar-refractivity contribution in [2.24, 2.45) is 0 Å². The first kappa shape index (κ1) is 9.34. The van der Waals surface area contributed by atoms with Crippen molar-refractivity contribution in [2.75, 3.05) is 4.43 Å². The maximum atomic E-state index is 2.35. The van der Waals surface area contributed by atoms with Crippen LogP contribution in [0.4, 0.5) is 0 Å². The molecule has 0 amide bonds. The van der Waals surface area contributed by atoms with Gasteiger partial charge < -0.3 is 0 Å². The molecule has 0 rings (SSSR count). The quantitative estimate of drug-likeness (QED) is 0.327. The monoisotopic (exact) mass is 202 g/mol. The second kappa shape index (κ2) is 8.87. The van der Waals surface area contributed by atoms with Crippen LogP contribution in [-0.4, -0.2) is 15.4 Å². The normalized spacial score (nSPS) is 6.00. The molecule has 0 aromatic carbocycles. The predicted octanol–water partition coefficient (Wildman–Crippen LogP) is 0.380. The van der Waals surface area contributed by atoms with Gasteiger partial charge in [-0.3, -0.25) is 0 Å². The van der Waals surface area contributed by atoms with Crippen LogP contribution in [0.5, 0.6) is 0 Å². The Hall–Kier alpha value is 0.947. The molecule has 0 spiro atoms. The lowest BCUT2D eigenvalue weighted by atomic mass is 10.6. The minimum atomic E-state index is 0. The Morgan fingerprint density at radius 3 is 1.80 bits per heavy atom. The first-order chi connectivity index (χ1) is 1.91. The van der Waals surface area contributed by atoms with E-state index in [2.05, 4.69) is 29.5 Å². The van der Waals surface area contributed by atoms with Gasteiger partial charge in [0.1, 0.15) is 0 Å². The summed E-state index contributed by atoms with van der Waals surface area (Å²) < 4.78 is 1.29. The Balaban J connectivity index is 0. The number of halogens is 1. The SMILES string of the molecule is CCCI.[SiH4]. The molecule has 0 aliphatic rings. The van der Waals surface area contributed by atoms with Crippen LogP contribution >= 0.6 is 22.6 Å². The minimum absolute atomic E-state index is 0. The predicted molar refractivity (Wildman–Crippen MR) is 40.5 cm³/mol. The fourth-order valence-corrected chi connectivity index (χ4v) is 0. The molecule has 0 heterocycles. The van der Waals surface area contributed by atoms with Crippen LogP contribution in [0.1, 0.15) is 13.3 Å². The highest BCUT2D eigenvalue weighted by Crippen LogP contribution is 1.81. The lowest BCUT2D eigenvalue weighted by molar-refractivity contribution is 1.13. The molecule has 0 aliphatic carbocycles. The Bertz CT molecular complexity index is 8.85. The summed E-state index contributed by atoms with van der Waals surface area (Å²) in [6.07, 6.45) is 1.31. The number of rotatable bonds is 1. The first-order valence-corrected chi connectivity index (χ1v) is 3.00. The highest BCUT2D eigenvalue weighted by Gasteiger charge is 1.58. The molecular weight excluding hydrogens is 191 g/mol. The average molecular weight is 202 g/mol. The van der Waals surface area contributed by atoms with Crippen LogP contribution in [0, 0.1) is 0 Å². The molecule has 0 aliphatic heterocycles. The largest absolute Gasteiger partial charge is 0.0864 e. The van der Waals surface area contributed by atoms with Crippen LogP contribution in [0.25, 0.3) is 0 Å². The Morgan fingerprint density at radius 1 is 1.60 bits per heavy atom. The van der Waals surface area contributed by atoms with E-state index in [1.807, 2.05) is 0 Å². The van der Waals surface area contributed by atoms with Gasteiger partial charge in [-0.25, -0.2) is 0 Å². The van der Waals surface area contributed by atoms with E-state index in [1.54, 1.807) is 0 Å². The summed E-state index contributed by atoms with van der Waals surface area (Å²) in [5, 5.41) is 0. The van der Waals surface area contributed by atoms with Crippen LogP contribution in [-0.2, 0) is 0 Å². The van der Waals surface area contributed by atoms with Gasteiger partial charge in [0.05, 0.1) is 0 Å². The molecular formula is C3H11ISi. The molecule has 5 heavy (non-hydrogen) atoms. The lowest BCUT2D eigenvalue weighted by Crippen LogP contribution is -1.54. The Kier molecular flexibility index (Phi) is 16.6. The molecule has 2 heteroatoms. The van der Waals surface area contributed by atoms with Crippen LogP contribution in [0.3, 0.4) is 0 Å². The standard InChI is InChI=1S/C3H7I.H4Si/c1-2-3-4;/h2-3H2,1H3;1H4. The van der Waals surface area contributed by atoms with Gasteiger partial charge in [-0.1, -0.05) is 29.5 Å².